The number of hydrogen-bond acceptors (Lipinski definition) is 0. The van der Waals surface area contributed by atoms with Crippen LogP contribution in [-0.2, 0) is 6.42 Å². The third kappa shape index (κ3) is 3.26. The second kappa shape index (κ2) is 4.74. The average Bonchev–Trinajstić information content (AvgIpc) is 2.01. The Labute approximate surface area is 87.9 Å². The SMILES string of the molecule is CC(Cl)C(C)Cc1cc(F)cc(F)c1. The highest BCUT2D eigenvalue weighted by molar-refractivity contribution is 6.20. The Morgan fingerprint density at radius 1 is 1.14 bits per heavy atom. The van der Waals surface area contributed by atoms with Crippen LogP contribution in [0.15, 0.2) is 18.2 Å². The van der Waals surface area contributed by atoms with Gasteiger partial charge >= 0.3 is 0 Å². The molecule has 2 atom stereocenters. The monoisotopic (exact) mass is 218 g/mol. The standard InChI is InChI=1S/C11H13ClF2/c1-7(8(2)12)3-9-4-10(13)6-11(14)5-9/h4-8H,3H2,1-2H3. The number of alkyl halides is 1. The zero-order valence-electron chi connectivity index (χ0n) is 8.23. The predicted octanol–water partition coefficient (Wildman–Crippen LogP) is 3.77. The molecule has 0 fully saturated rings. The van der Waals surface area contributed by atoms with E-state index in [-0.39, 0.29) is 11.3 Å². The van der Waals surface area contributed by atoms with Crippen LogP contribution in [0.4, 0.5) is 8.78 Å². The smallest absolute Gasteiger partial charge is 0.126 e. The van der Waals surface area contributed by atoms with Crippen molar-refractivity contribution in [1.82, 2.24) is 0 Å². The minimum Gasteiger partial charge on any atom is -0.207 e. The van der Waals surface area contributed by atoms with E-state index in [2.05, 4.69) is 0 Å². The summed E-state index contributed by atoms with van der Waals surface area (Å²) in [5.74, 6) is -0.860. The van der Waals surface area contributed by atoms with E-state index in [9.17, 15) is 8.78 Å². The minimum absolute atomic E-state index is 0.00123. The van der Waals surface area contributed by atoms with Gasteiger partial charge in [-0.1, -0.05) is 6.92 Å². The summed E-state index contributed by atoms with van der Waals surface area (Å²) >= 11 is 5.87. The highest BCUT2D eigenvalue weighted by Crippen LogP contribution is 2.17. The van der Waals surface area contributed by atoms with E-state index in [1.54, 1.807) is 0 Å². The molecule has 0 aliphatic carbocycles. The van der Waals surface area contributed by atoms with E-state index in [0.29, 0.717) is 12.0 Å². The number of halogens is 3. The zero-order valence-corrected chi connectivity index (χ0v) is 8.98. The molecule has 1 rings (SSSR count). The van der Waals surface area contributed by atoms with Crippen molar-refractivity contribution in [3.05, 3.63) is 35.4 Å². The molecular weight excluding hydrogens is 206 g/mol. The predicted molar refractivity (Wildman–Crippen MR) is 54.5 cm³/mol. The molecule has 1 aromatic carbocycles. The molecule has 2 unspecified atom stereocenters. The molecule has 0 aliphatic heterocycles. The molecule has 0 radical (unpaired) electrons. The van der Waals surface area contributed by atoms with Gasteiger partial charge in [0.2, 0.25) is 0 Å². The van der Waals surface area contributed by atoms with Crippen LogP contribution in [0.3, 0.4) is 0 Å². The fourth-order valence-corrected chi connectivity index (χ4v) is 1.35. The van der Waals surface area contributed by atoms with Gasteiger partial charge in [-0.3, -0.25) is 0 Å². The molecule has 0 amide bonds. The average molecular weight is 219 g/mol. The number of benzene rings is 1. The van der Waals surface area contributed by atoms with E-state index in [1.807, 2.05) is 13.8 Å². The largest absolute Gasteiger partial charge is 0.207 e. The first-order valence-corrected chi connectivity index (χ1v) is 5.01. The molecule has 0 spiro atoms. The summed E-state index contributed by atoms with van der Waals surface area (Å²) in [4.78, 5) is 0. The van der Waals surface area contributed by atoms with Gasteiger partial charge in [-0.05, 0) is 37.0 Å². The summed E-state index contributed by atoms with van der Waals surface area (Å²) in [6, 6.07) is 3.57. The molecule has 0 saturated carbocycles. The lowest BCUT2D eigenvalue weighted by Gasteiger charge is -2.13. The van der Waals surface area contributed by atoms with Gasteiger partial charge in [-0.15, -0.1) is 11.6 Å². The van der Waals surface area contributed by atoms with E-state index >= 15 is 0 Å². The fraction of sp³-hybridized carbons (Fsp3) is 0.455. The van der Waals surface area contributed by atoms with Crippen LogP contribution in [0.2, 0.25) is 0 Å². The third-order valence-electron chi connectivity index (χ3n) is 2.26. The van der Waals surface area contributed by atoms with E-state index in [0.717, 1.165) is 6.07 Å². The molecule has 78 valence electrons. The van der Waals surface area contributed by atoms with Crippen LogP contribution in [0.25, 0.3) is 0 Å². The van der Waals surface area contributed by atoms with Crippen molar-refractivity contribution < 1.29 is 8.78 Å². The first-order valence-electron chi connectivity index (χ1n) is 4.58. The van der Waals surface area contributed by atoms with Crippen molar-refractivity contribution in [3.63, 3.8) is 0 Å². The van der Waals surface area contributed by atoms with Crippen molar-refractivity contribution in [2.45, 2.75) is 25.6 Å². The van der Waals surface area contributed by atoms with Crippen LogP contribution in [0.5, 0.6) is 0 Å². The molecule has 14 heavy (non-hydrogen) atoms. The summed E-state index contributed by atoms with van der Waals surface area (Å²) in [7, 11) is 0. The normalized spacial score (nSPS) is 15.2. The Morgan fingerprint density at radius 3 is 2.07 bits per heavy atom. The Kier molecular flexibility index (Phi) is 3.87. The molecule has 0 nitrogen and oxygen atoms in total. The minimum atomic E-state index is -0.533. The molecule has 3 heteroatoms. The highest BCUT2D eigenvalue weighted by atomic mass is 35.5. The van der Waals surface area contributed by atoms with Crippen molar-refractivity contribution in [3.8, 4) is 0 Å². The summed E-state index contributed by atoms with van der Waals surface area (Å²) < 4.78 is 25.6. The maximum Gasteiger partial charge on any atom is 0.126 e. The summed E-state index contributed by atoms with van der Waals surface area (Å²) in [6.07, 6.45) is 0.597. The Morgan fingerprint density at radius 2 is 1.64 bits per heavy atom. The van der Waals surface area contributed by atoms with E-state index < -0.39 is 11.6 Å². The van der Waals surface area contributed by atoms with Gasteiger partial charge in [0.1, 0.15) is 11.6 Å². The van der Waals surface area contributed by atoms with Crippen LogP contribution in [0.1, 0.15) is 19.4 Å². The summed E-state index contributed by atoms with van der Waals surface area (Å²) in [6.45, 7) is 3.84. The third-order valence-corrected chi connectivity index (χ3v) is 2.69. The molecule has 0 aliphatic rings. The van der Waals surface area contributed by atoms with Gasteiger partial charge < -0.3 is 0 Å². The molecule has 0 aromatic heterocycles. The van der Waals surface area contributed by atoms with Gasteiger partial charge in [0.15, 0.2) is 0 Å². The van der Waals surface area contributed by atoms with Gasteiger partial charge in [-0.25, -0.2) is 8.78 Å². The van der Waals surface area contributed by atoms with Crippen molar-refractivity contribution in [2.24, 2.45) is 5.92 Å². The Hall–Kier alpha value is -0.630. The second-order valence-corrected chi connectivity index (χ2v) is 4.33. The van der Waals surface area contributed by atoms with Gasteiger partial charge in [0.25, 0.3) is 0 Å². The molecule has 0 saturated heterocycles. The molecule has 0 N–H and O–H groups in total. The van der Waals surface area contributed by atoms with Crippen molar-refractivity contribution in [1.29, 1.82) is 0 Å². The first kappa shape index (κ1) is 11.4. The lowest BCUT2D eigenvalue weighted by molar-refractivity contribution is 0.549. The maximum absolute atomic E-state index is 12.8. The quantitative estimate of drug-likeness (QED) is 0.678. The van der Waals surface area contributed by atoms with Crippen LogP contribution in [-0.4, -0.2) is 5.38 Å². The van der Waals surface area contributed by atoms with Gasteiger partial charge in [-0.2, -0.15) is 0 Å². The Balaban J connectivity index is 2.76. The zero-order chi connectivity index (χ0) is 10.7. The lowest BCUT2D eigenvalue weighted by Crippen LogP contribution is -2.10. The highest BCUT2D eigenvalue weighted by Gasteiger charge is 2.11. The Bertz CT molecular complexity index is 290. The first-order chi connectivity index (χ1) is 6.49. The molecule has 1 aromatic rings. The van der Waals surface area contributed by atoms with Crippen LogP contribution in [0, 0.1) is 17.6 Å². The van der Waals surface area contributed by atoms with E-state index in [4.69, 9.17) is 11.6 Å². The summed E-state index contributed by atoms with van der Waals surface area (Å²) in [5.41, 5.74) is 0.655. The van der Waals surface area contributed by atoms with E-state index in [1.165, 1.54) is 12.1 Å². The summed E-state index contributed by atoms with van der Waals surface area (Å²) in [5, 5.41) is 0.00123. The van der Waals surface area contributed by atoms with Gasteiger partial charge in [0, 0.05) is 11.4 Å². The van der Waals surface area contributed by atoms with Crippen molar-refractivity contribution in [2.75, 3.05) is 0 Å². The lowest BCUT2D eigenvalue weighted by atomic mass is 9.98. The molecule has 0 bridgehead atoms. The van der Waals surface area contributed by atoms with Gasteiger partial charge in [0.05, 0.1) is 0 Å². The van der Waals surface area contributed by atoms with Crippen molar-refractivity contribution >= 4 is 11.6 Å². The topological polar surface area (TPSA) is 0 Å². The second-order valence-electron chi connectivity index (χ2n) is 3.64. The number of hydrogen-bond donors (Lipinski definition) is 0. The maximum atomic E-state index is 12.8. The van der Waals surface area contributed by atoms with Crippen LogP contribution >= 0.6 is 11.6 Å². The van der Waals surface area contributed by atoms with Crippen LogP contribution < -0.4 is 0 Å². The number of rotatable bonds is 3. The molecule has 0 heterocycles. The fourth-order valence-electron chi connectivity index (χ4n) is 1.26. The molecular formula is C11H13ClF2.